The molecule has 1 N–H and O–H groups in total. The van der Waals surface area contributed by atoms with E-state index in [1.54, 1.807) is 24.3 Å². The van der Waals surface area contributed by atoms with Gasteiger partial charge in [0.15, 0.2) is 0 Å². The second kappa shape index (κ2) is 5.39. The van der Waals surface area contributed by atoms with Gasteiger partial charge in [-0.1, -0.05) is 30.7 Å². The van der Waals surface area contributed by atoms with E-state index in [1.165, 1.54) is 4.31 Å². The lowest BCUT2D eigenvalue weighted by Crippen LogP contribution is -2.49. The van der Waals surface area contributed by atoms with Crippen LogP contribution in [-0.4, -0.2) is 30.0 Å². The van der Waals surface area contributed by atoms with Crippen molar-refractivity contribution in [2.45, 2.75) is 50.0 Å². The van der Waals surface area contributed by atoms with E-state index in [2.05, 4.69) is 6.92 Å². The highest BCUT2D eigenvalue weighted by molar-refractivity contribution is 7.89. The van der Waals surface area contributed by atoms with Gasteiger partial charge in [-0.3, -0.25) is 4.31 Å². The molecule has 0 bridgehead atoms. The van der Waals surface area contributed by atoms with Crippen LogP contribution in [-0.2, 0) is 10.0 Å². The molecular weight excluding hydrogens is 298 g/mol. The monoisotopic (exact) mass is 321 g/mol. The Balaban J connectivity index is 2.01. The Hall–Kier alpha value is -1.33. The third-order valence-electron chi connectivity index (χ3n) is 4.77. The van der Waals surface area contributed by atoms with E-state index in [0.717, 1.165) is 18.4 Å². The van der Waals surface area contributed by atoms with E-state index < -0.39 is 15.6 Å². The highest BCUT2D eigenvalue weighted by atomic mass is 32.2. The molecule has 0 spiro atoms. The van der Waals surface area contributed by atoms with Crippen LogP contribution in [0.2, 0.25) is 0 Å². The summed E-state index contributed by atoms with van der Waals surface area (Å²) in [5, 5.41) is 10.7. The normalized spacial score (nSPS) is 24.6. The van der Waals surface area contributed by atoms with Crippen LogP contribution in [0.5, 0.6) is 0 Å². The van der Waals surface area contributed by atoms with Crippen molar-refractivity contribution in [3.8, 4) is 0 Å². The van der Waals surface area contributed by atoms with Gasteiger partial charge in [-0.25, -0.2) is 8.42 Å². The second-order valence-corrected chi connectivity index (χ2v) is 8.46. The third-order valence-corrected chi connectivity index (χ3v) is 6.59. The number of aryl methyl sites for hydroxylation is 1. The lowest BCUT2D eigenvalue weighted by Gasteiger charge is -2.45. The van der Waals surface area contributed by atoms with E-state index in [9.17, 15) is 13.5 Å². The summed E-state index contributed by atoms with van der Waals surface area (Å²) >= 11 is 0. The number of rotatable bonds is 3. The zero-order valence-corrected chi connectivity index (χ0v) is 13.9. The summed E-state index contributed by atoms with van der Waals surface area (Å²) in [5.74, 6) is 0.295. The Labute approximate surface area is 132 Å². The summed E-state index contributed by atoms with van der Waals surface area (Å²) in [7, 11) is -3.61. The first-order valence-corrected chi connectivity index (χ1v) is 9.31. The Morgan fingerprint density at radius 1 is 1.23 bits per heavy atom. The summed E-state index contributed by atoms with van der Waals surface area (Å²) in [5.41, 5.74) is 0.643. The molecule has 120 valence electrons. The highest BCUT2D eigenvalue weighted by Gasteiger charge is 2.45. The Morgan fingerprint density at radius 3 is 2.41 bits per heavy atom. The molecule has 1 aliphatic carbocycles. The average molecular weight is 321 g/mol. The molecule has 3 rings (SSSR count). The van der Waals surface area contributed by atoms with E-state index in [0.29, 0.717) is 35.9 Å². The lowest BCUT2D eigenvalue weighted by molar-refractivity contribution is -0.0154. The predicted octanol–water partition coefficient (Wildman–Crippen LogP) is 2.82. The van der Waals surface area contributed by atoms with Crippen molar-refractivity contribution < 1.29 is 13.5 Å². The number of hydrogen-bond acceptors (Lipinski definition) is 3. The van der Waals surface area contributed by atoms with Gasteiger partial charge in [-0.15, -0.1) is 0 Å². The maximum atomic E-state index is 13.0. The molecule has 1 aliphatic heterocycles. The molecule has 1 unspecified atom stereocenters. The molecule has 1 atom stereocenters. The summed E-state index contributed by atoms with van der Waals surface area (Å²) in [4.78, 5) is 0.293. The molecule has 1 aromatic rings. The molecule has 22 heavy (non-hydrogen) atoms. The van der Waals surface area contributed by atoms with Crippen LogP contribution in [0.1, 0.15) is 38.2 Å². The molecule has 1 heterocycles. The fourth-order valence-electron chi connectivity index (χ4n) is 3.12. The fourth-order valence-corrected chi connectivity index (χ4v) is 4.69. The Morgan fingerprint density at radius 2 is 1.86 bits per heavy atom. The summed E-state index contributed by atoms with van der Waals surface area (Å²) in [6.45, 7) is 4.44. The smallest absolute Gasteiger partial charge is 0.264 e. The highest BCUT2D eigenvalue weighted by Crippen LogP contribution is 2.43. The van der Waals surface area contributed by atoms with Crippen LogP contribution in [0.4, 0.5) is 0 Å². The molecule has 4 nitrogen and oxygen atoms in total. The predicted molar refractivity (Wildman–Crippen MR) is 85.7 cm³/mol. The standard InChI is InChI=1S/C17H23NO3S/c1-13-4-6-15(7-5-13)22(20,21)18-11-8-14(2)12-16(18)17(19)9-3-10-17/h4-7,12,14,19H,3,8-11H2,1-2H3. The minimum atomic E-state index is -3.61. The summed E-state index contributed by atoms with van der Waals surface area (Å²) in [6.07, 6.45) is 4.96. The number of sulfonamides is 1. The molecule has 2 aliphatic rings. The van der Waals surface area contributed by atoms with Crippen LogP contribution >= 0.6 is 0 Å². The second-order valence-electron chi connectivity index (χ2n) is 6.59. The van der Waals surface area contributed by atoms with Gasteiger partial charge in [0.05, 0.1) is 10.6 Å². The van der Waals surface area contributed by atoms with E-state index in [1.807, 2.05) is 13.0 Å². The van der Waals surface area contributed by atoms with Crippen molar-refractivity contribution in [2.75, 3.05) is 6.54 Å². The SMILES string of the molecule is Cc1ccc(S(=O)(=O)N2CCC(C)C=C2C2(O)CCC2)cc1. The largest absolute Gasteiger partial charge is 0.384 e. The fraction of sp³-hybridized carbons (Fsp3) is 0.529. The minimum Gasteiger partial charge on any atom is -0.384 e. The number of nitrogens with zero attached hydrogens (tertiary/aromatic N) is 1. The molecular formula is C17H23NO3S. The Bertz CT molecular complexity index is 687. The van der Waals surface area contributed by atoms with Crippen LogP contribution in [0.15, 0.2) is 40.9 Å². The van der Waals surface area contributed by atoms with Crippen molar-refractivity contribution in [3.05, 3.63) is 41.6 Å². The van der Waals surface area contributed by atoms with Crippen LogP contribution in [0, 0.1) is 12.8 Å². The van der Waals surface area contributed by atoms with Gasteiger partial charge in [-0.05, 0) is 50.7 Å². The topological polar surface area (TPSA) is 57.6 Å². The molecule has 1 aromatic carbocycles. The zero-order chi connectivity index (χ0) is 16.0. The van der Waals surface area contributed by atoms with Gasteiger partial charge in [0.1, 0.15) is 5.60 Å². The first-order valence-electron chi connectivity index (χ1n) is 7.87. The van der Waals surface area contributed by atoms with Gasteiger partial charge in [0.25, 0.3) is 10.0 Å². The zero-order valence-electron chi connectivity index (χ0n) is 13.1. The van der Waals surface area contributed by atoms with E-state index in [4.69, 9.17) is 0 Å². The number of hydrogen-bond donors (Lipinski definition) is 1. The van der Waals surface area contributed by atoms with Crippen LogP contribution in [0.3, 0.4) is 0 Å². The van der Waals surface area contributed by atoms with E-state index in [-0.39, 0.29) is 0 Å². The van der Waals surface area contributed by atoms with Crippen molar-refractivity contribution >= 4 is 10.0 Å². The maximum Gasteiger partial charge on any atom is 0.264 e. The third kappa shape index (κ3) is 2.57. The van der Waals surface area contributed by atoms with Gasteiger partial charge < -0.3 is 5.11 Å². The number of aliphatic hydroxyl groups is 1. The molecule has 0 radical (unpaired) electrons. The van der Waals surface area contributed by atoms with Gasteiger partial charge in [0, 0.05) is 6.54 Å². The van der Waals surface area contributed by atoms with Crippen molar-refractivity contribution in [3.63, 3.8) is 0 Å². The Kier molecular flexibility index (Phi) is 3.81. The average Bonchev–Trinajstić information content (AvgIpc) is 2.45. The maximum absolute atomic E-state index is 13.0. The molecule has 0 amide bonds. The summed E-state index contributed by atoms with van der Waals surface area (Å²) < 4.78 is 27.4. The van der Waals surface area contributed by atoms with Crippen molar-refractivity contribution in [1.29, 1.82) is 0 Å². The van der Waals surface area contributed by atoms with Crippen molar-refractivity contribution in [1.82, 2.24) is 4.31 Å². The molecule has 1 saturated carbocycles. The number of benzene rings is 1. The first kappa shape index (κ1) is 15.6. The molecule has 0 saturated heterocycles. The van der Waals surface area contributed by atoms with Crippen molar-refractivity contribution in [2.24, 2.45) is 5.92 Å². The molecule has 5 heteroatoms. The minimum absolute atomic E-state index is 0.293. The number of allylic oxidation sites excluding steroid dienone is 1. The molecule has 1 fully saturated rings. The van der Waals surface area contributed by atoms with Gasteiger partial charge in [0.2, 0.25) is 0 Å². The first-order chi connectivity index (χ1) is 10.3. The van der Waals surface area contributed by atoms with Crippen LogP contribution in [0.25, 0.3) is 0 Å². The molecule has 0 aromatic heterocycles. The quantitative estimate of drug-likeness (QED) is 0.931. The summed E-state index contributed by atoms with van der Waals surface area (Å²) in [6, 6.07) is 6.90. The van der Waals surface area contributed by atoms with E-state index >= 15 is 0 Å². The van der Waals surface area contributed by atoms with Gasteiger partial charge >= 0.3 is 0 Å². The lowest BCUT2D eigenvalue weighted by atomic mass is 9.76. The van der Waals surface area contributed by atoms with Gasteiger partial charge in [-0.2, -0.15) is 0 Å². The van der Waals surface area contributed by atoms with Crippen LogP contribution < -0.4 is 0 Å².